The Kier molecular flexibility index (Phi) is 4.79. The summed E-state index contributed by atoms with van der Waals surface area (Å²) in [5, 5.41) is 2.83. The van der Waals surface area contributed by atoms with Gasteiger partial charge in [0, 0.05) is 25.2 Å². The molecule has 2 amide bonds. The van der Waals surface area contributed by atoms with Crippen LogP contribution >= 0.6 is 0 Å². The molecule has 1 aromatic rings. The number of ether oxygens (including phenoxy) is 2. The Labute approximate surface area is 147 Å². The Hall–Kier alpha value is -2.00. The summed E-state index contributed by atoms with van der Waals surface area (Å²) in [6, 6.07) is 4.32. The van der Waals surface area contributed by atoms with E-state index in [0.717, 1.165) is 0 Å². The van der Waals surface area contributed by atoms with E-state index in [1.54, 1.807) is 30.2 Å². The summed E-state index contributed by atoms with van der Waals surface area (Å²) in [6.07, 6.45) is 0. The van der Waals surface area contributed by atoms with Gasteiger partial charge in [-0.2, -0.15) is 0 Å². The van der Waals surface area contributed by atoms with Gasteiger partial charge in [0.1, 0.15) is 11.5 Å². The molecule has 138 valence electrons. The van der Waals surface area contributed by atoms with E-state index in [1.807, 2.05) is 11.9 Å². The molecular weight excluding hydrogens is 346 g/mol. The van der Waals surface area contributed by atoms with E-state index in [2.05, 4.69) is 5.32 Å². The van der Waals surface area contributed by atoms with Crippen LogP contribution in [0.3, 0.4) is 0 Å². The van der Waals surface area contributed by atoms with Crippen LogP contribution in [0.4, 0.5) is 10.5 Å². The van der Waals surface area contributed by atoms with Gasteiger partial charge in [0.25, 0.3) is 0 Å². The Morgan fingerprint density at radius 2 is 1.88 bits per heavy atom. The number of fused-ring (bicyclic) bond motifs is 1. The number of hydrogen-bond acceptors (Lipinski definition) is 6. The summed E-state index contributed by atoms with van der Waals surface area (Å²) in [5.41, 5.74) is 0.518. The van der Waals surface area contributed by atoms with Gasteiger partial charge in [0.2, 0.25) is 0 Å². The molecule has 0 spiro atoms. The van der Waals surface area contributed by atoms with Crippen molar-refractivity contribution in [3.63, 3.8) is 0 Å². The highest BCUT2D eigenvalue weighted by Gasteiger charge is 2.47. The lowest BCUT2D eigenvalue weighted by Gasteiger charge is -2.42. The zero-order chi connectivity index (χ0) is 18.2. The van der Waals surface area contributed by atoms with Crippen molar-refractivity contribution in [1.29, 1.82) is 0 Å². The number of hydrogen-bond donors (Lipinski definition) is 1. The summed E-state index contributed by atoms with van der Waals surface area (Å²) in [4.78, 5) is 16.4. The van der Waals surface area contributed by atoms with E-state index in [4.69, 9.17) is 9.47 Å². The fourth-order valence-corrected chi connectivity index (χ4v) is 5.52. The lowest BCUT2D eigenvalue weighted by atomic mass is 10.1. The van der Waals surface area contributed by atoms with Gasteiger partial charge in [-0.05, 0) is 19.2 Å². The first-order valence-electron chi connectivity index (χ1n) is 8.05. The second kappa shape index (κ2) is 6.72. The highest BCUT2D eigenvalue weighted by Crippen LogP contribution is 2.31. The highest BCUT2D eigenvalue weighted by molar-refractivity contribution is 7.91. The second-order valence-electron chi connectivity index (χ2n) is 6.38. The van der Waals surface area contributed by atoms with Crippen molar-refractivity contribution in [2.75, 3.05) is 51.2 Å². The maximum Gasteiger partial charge on any atom is 0.322 e. The minimum Gasteiger partial charge on any atom is -0.497 e. The molecule has 0 radical (unpaired) electrons. The van der Waals surface area contributed by atoms with Crippen molar-refractivity contribution in [3.05, 3.63) is 18.2 Å². The number of nitrogens with one attached hydrogen (secondary N) is 1. The zero-order valence-electron chi connectivity index (χ0n) is 14.6. The molecule has 2 aliphatic heterocycles. The third-order valence-electron chi connectivity index (χ3n) is 4.86. The Bertz CT molecular complexity index is 767. The van der Waals surface area contributed by atoms with Crippen LogP contribution < -0.4 is 14.8 Å². The van der Waals surface area contributed by atoms with Crippen molar-refractivity contribution in [1.82, 2.24) is 9.80 Å². The SMILES string of the molecule is COc1ccc(NC(=O)N2CCN(C)[C@H]3CS(=O)(=O)C[C@H]32)c(OC)c1. The largest absolute Gasteiger partial charge is 0.497 e. The van der Waals surface area contributed by atoms with Crippen molar-refractivity contribution in [2.45, 2.75) is 12.1 Å². The molecule has 3 rings (SSSR count). The maximum absolute atomic E-state index is 12.8. The van der Waals surface area contributed by atoms with Gasteiger partial charge >= 0.3 is 6.03 Å². The molecular formula is C16H23N3O5S. The fraction of sp³-hybridized carbons (Fsp3) is 0.562. The van der Waals surface area contributed by atoms with Crippen LogP contribution in [0, 0.1) is 0 Å². The molecule has 2 aliphatic rings. The topological polar surface area (TPSA) is 88.2 Å². The molecule has 9 heteroatoms. The van der Waals surface area contributed by atoms with Crippen LogP contribution in [0.1, 0.15) is 0 Å². The van der Waals surface area contributed by atoms with Crippen LogP contribution in [-0.4, -0.2) is 82.2 Å². The number of amides is 2. The molecule has 2 atom stereocenters. The predicted octanol–water partition coefficient (Wildman–Crippen LogP) is 0.649. The minimum absolute atomic E-state index is 0.00910. The molecule has 0 unspecified atom stereocenters. The molecule has 0 saturated carbocycles. The number of anilines is 1. The fourth-order valence-electron chi connectivity index (χ4n) is 3.47. The van der Waals surface area contributed by atoms with Gasteiger partial charge in [-0.15, -0.1) is 0 Å². The van der Waals surface area contributed by atoms with Gasteiger partial charge in [-0.25, -0.2) is 13.2 Å². The Morgan fingerprint density at radius 1 is 1.16 bits per heavy atom. The van der Waals surface area contributed by atoms with Crippen LogP contribution in [0.2, 0.25) is 0 Å². The van der Waals surface area contributed by atoms with Crippen LogP contribution in [0.25, 0.3) is 0 Å². The number of carbonyl (C=O) groups excluding carboxylic acids is 1. The maximum atomic E-state index is 12.8. The lowest BCUT2D eigenvalue weighted by Crippen LogP contribution is -2.60. The monoisotopic (exact) mass is 369 g/mol. The molecule has 0 bridgehead atoms. The number of urea groups is 1. The minimum atomic E-state index is -3.13. The van der Waals surface area contributed by atoms with Crippen molar-refractivity contribution >= 4 is 21.6 Å². The number of methoxy groups -OCH3 is 2. The molecule has 2 fully saturated rings. The van der Waals surface area contributed by atoms with Crippen molar-refractivity contribution in [3.8, 4) is 11.5 Å². The highest BCUT2D eigenvalue weighted by atomic mass is 32.2. The number of sulfone groups is 1. The number of rotatable bonds is 3. The zero-order valence-corrected chi connectivity index (χ0v) is 15.4. The average Bonchev–Trinajstić information content (AvgIpc) is 2.91. The van der Waals surface area contributed by atoms with Crippen molar-refractivity contribution in [2.24, 2.45) is 0 Å². The van der Waals surface area contributed by atoms with Crippen molar-refractivity contribution < 1.29 is 22.7 Å². The Morgan fingerprint density at radius 3 is 2.56 bits per heavy atom. The molecule has 1 N–H and O–H groups in total. The summed E-state index contributed by atoms with van der Waals surface area (Å²) in [6.45, 7) is 1.13. The van der Waals surface area contributed by atoms with Crippen LogP contribution in [0.15, 0.2) is 18.2 Å². The van der Waals surface area contributed by atoms with Gasteiger partial charge in [-0.1, -0.05) is 0 Å². The lowest BCUT2D eigenvalue weighted by molar-refractivity contribution is 0.0892. The molecule has 2 saturated heterocycles. The van der Waals surface area contributed by atoms with Crippen LogP contribution in [-0.2, 0) is 9.84 Å². The smallest absolute Gasteiger partial charge is 0.322 e. The number of carbonyl (C=O) groups is 1. The summed E-state index contributed by atoms with van der Waals surface area (Å²) < 4.78 is 34.5. The molecule has 2 heterocycles. The average molecular weight is 369 g/mol. The number of nitrogens with zero attached hydrogens (tertiary/aromatic N) is 2. The van der Waals surface area contributed by atoms with E-state index in [-0.39, 0.29) is 29.6 Å². The van der Waals surface area contributed by atoms with Gasteiger partial charge in [0.15, 0.2) is 9.84 Å². The standard InChI is InChI=1S/C16H23N3O5S/c1-18-6-7-19(14-10-25(21,22)9-13(14)18)16(20)17-12-5-4-11(23-2)8-15(12)24-3/h4-5,8,13-14H,6-7,9-10H2,1-3H3,(H,17,20)/t13-,14+/m0/s1. The normalized spacial score (nSPS) is 25.3. The van der Waals surface area contributed by atoms with Gasteiger partial charge in [0.05, 0.1) is 37.5 Å². The van der Waals surface area contributed by atoms with E-state index in [0.29, 0.717) is 30.3 Å². The summed E-state index contributed by atoms with van der Waals surface area (Å²) >= 11 is 0. The summed E-state index contributed by atoms with van der Waals surface area (Å²) in [7, 11) is 1.84. The number of likely N-dealkylation sites (N-methyl/N-ethyl adjacent to an activating group) is 1. The molecule has 0 aromatic heterocycles. The molecule has 25 heavy (non-hydrogen) atoms. The first-order valence-corrected chi connectivity index (χ1v) is 9.87. The van der Waals surface area contributed by atoms with Crippen LogP contribution in [0.5, 0.6) is 11.5 Å². The second-order valence-corrected chi connectivity index (χ2v) is 8.54. The summed E-state index contributed by atoms with van der Waals surface area (Å²) in [5.74, 6) is 1.22. The molecule has 0 aliphatic carbocycles. The van der Waals surface area contributed by atoms with E-state index in [1.165, 1.54) is 7.11 Å². The van der Waals surface area contributed by atoms with E-state index >= 15 is 0 Å². The number of piperazine rings is 1. The quantitative estimate of drug-likeness (QED) is 0.842. The van der Waals surface area contributed by atoms with E-state index in [9.17, 15) is 13.2 Å². The van der Waals surface area contributed by atoms with Gasteiger partial charge < -0.3 is 19.7 Å². The first-order chi connectivity index (χ1) is 11.8. The third kappa shape index (κ3) is 3.52. The molecule has 1 aromatic carbocycles. The first kappa shape index (κ1) is 17.8. The molecule has 8 nitrogen and oxygen atoms in total. The predicted molar refractivity (Wildman–Crippen MR) is 94.1 cm³/mol. The third-order valence-corrected chi connectivity index (χ3v) is 6.56. The van der Waals surface area contributed by atoms with E-state index < -0.39 is 9.84 Å². The Balaban J connectivity index is 1.79. The van der Waals surface area contributed by atoms with Gasteiger partial charge in [-0.3, -0.25) is 4.90 Å². The number of benzene rings is 1.